The van der Waals surface area contributed by atoms with Gasteiger partial charge in [-0.2, -0.15) is 0 Å². The van der Waals surface area contributed by atoms with Crippen molar-refractivity contribution < 1.29 is 41.1 Å². The van der Waals surface area contributed by atoms with Gasteiger partial charge >= 0.3 is 5.97 Å². The number of thioether (sulfide) groups is 1. The first-order chi connectivity index (χ1) is 20.3. The molecule has 13 heteroatoms. The minimum atomic E-state index is -4.95. The summed E-state index contributed by atoms with van der Waals surface area (Å²) in [6.07, 6.45) is 10.2. The molecule has 2 aliphatic heterocycles. The molecule has 1 amide bonds. The molecule has 3 atom stereocenters. The average molecular weight is 650 g/mol. The van der Waals surface area contributed by atoms with Gasteiger partial charge in [0.1, 0.15) is 5.70 Å². The maximum atomic E-state index is 12.3. The van der Waals surface area contributed by atoms with Crippen molar-refractivity contribution >= 4 is 39.9 Å². The van der Waals surface area contributed by atoms with Crippen LogP contribution in [0.5, 0.6) is 0 Å². The number of quaternary nitrogens is 1. The highest BCUT2D eigenvalue weighted by Gasteiger charge is 2.57. The number of amides is 1. The molecule has 2 rings (SSSR count). The molecular weight excluding hydrogens is 594 g/mol. The normalized spacial score (nSPS) is 19.5. The number of hydrogen-bond donors (Lipinski definition) is 1. The SMILES string of the molecule is CCCC[N+](CCCC)(CCCC)CCCC.COC(C)=NCCSC1=C(C(=O)O)N2C(=O)[C@@H]([C@H](C)OS(=O)(=O)[O-])[C@H]2C1. The van der Waals surface area contributed by atoms with Crippen LogP contribution in [-0.4, -0.2) is 103 Å². The van der Waals surface area contributed by atoms with E-state index in [0.29, 0.717) is 23.1 Å². The minimum Gasteiger partial charge on any atom is -0.726 e. The summed E-state index contributed by atoms with van der Waals surface area (Å²) in [6.45, 7) is 18.4. The van der Waals surface area contributed by atoms with E-state index in [1.54, 1.807) is 6.92 Å². The number of carboxylic acids is 1. The van der Waals surface area contributed by atoms with Gasteiger partial charge in [0, 0.05) is 24.0 Å². The van der Waals surface area contributed by atoms with E-state index in [1.807, 2.05) is 0 Å². The molecule has 0 aliphatic carbocycles. The van der Waals surface area contributed by atoms with Crippen LogP contribution in [0.3, 0.4) is 0 Å². The lowest BCUT2D eigenvalue weighted by Gasteiger charge is -2.45. The monoisotopic (exact) mass is 649 g/mol. The number of ether oxygens (including phenoxy) is 1. The number of carbonyl (C=O) groups is 2. The molecule has 0 radical (unpaired) electrons. The van der Waals surface area contributed by atoms with Crippen molar-refractivity contribution in [2.75, 3.05) is 45.6 Å². The van der Waals surface area contributed by atoms with Crippen molar-refractivity contribution in [2.24, 2.45) is 10.9 Å². The first-order valence-corrected chi connectivity index (χ1v) is 18.1. The number of aliphatic carboxylic acids is 1. The summed E-state index contributed by atoms with van der Waals surface area (Å²) in [4.78, 5) is 29.6. The lowest BCUT2D eigenvalue weighted by Crippen LogP contribution is -2.62. The zero-order valence-electron chi connectivity index (χ0n) is 27.3. The fourth-order valence-electron chi connectivity index (χ4n) is 5.67. The molecule has 0 spiro atoms. The van der Waals surface area contributed by atoms with Crippen LogP contribution in [0.25, 0.3) is 0 Å². The van der Waals surface area contributed by atoms with Gasteiger partial charge in [-0.3, -0.25) is 14.0 Å². The molecule has 0 aromatic heterocycles. The number of rotatable bonds is 20. The van der Waals surface area contributed by atoms with Gasteiger partial charge in [-0.25, -0.2) is 13.2 Å². The summed E-state index contributed by atoms with van der Waals surface area (Å²) in [5, 5.41) is 9.43. The lowest BCUT2D eigenvalue weighted by atomic mass is 9.83. The maximum Gasteiger partial charge on any atom is 0.353 e. The first kappa shape index (κ1) is 39.4. The van der Waals surface area contributed by atoms with Crippen molar-refractivity contribution in [1.82, 2.24) is 4.90 Å². The van der Waals surface area contributed by atoms with Crippen molar-refractivity contribution in [3.8, 4) is 0 Å². The van der Waals surface area contributed by atoms with Crippen molar-refractivity contribution in [3.63, 3.8) is 0 Å². The summed E-state index contributed by atoms with van der Waals surface area (Å²) in [7, 11) is -3.45. The van der Waals surface area contributed by atoms with Crippen LogP contribution in [0.4, 0.5) is 0 Å². The van der Waals surface area contributed by atoms with Gasteiger partial charge in [0.05, 0.1) is 57.9 Å². The molecule has 0 unspecified atom stereocenters. The number of fused-ring (bicyclic) bond motifs is 1. The molecule has 1 N–H and O–H groups in total. The molecule has 0 bridgehead atoms. The molecule has 2 heterocycles. The highest BCUT2D eigenvalue weighted by molar-refractivity contribution is 8.03. The lowest BCUT2D eigenvalue weighted by molar-refractivity contribution is -0.929. The van der Waals surface area contributed by atoms with Crippen molar-refractivity contribution in [2.45, 2.75) is 111 Å². The summed E-state index contributed by atoms with van der Waals surface area (Å²) in [5.74, 6) is -1.67. The van der Waals surface area contributed by atoms with Gasteiger partial charge < -0.3 is 23.8 Å². The Balaban J connectivity index is 0.000000474. The van der Waals surface area contributed by atoms with E-state index in [1.165, 1.54) is 108 Å². The number of β-lactam (4-membered cyclic amide) rings is 1. The van der Waals surface area contributed by atoms with Crippen molar-refractivity contribution in [3.05, 3.63) is 10.6 Å². The van der Waals surface area contributed by atoms with E-state index in [-0.39, 0.29) is 12.1 Å². The first-order valence-electron chi connectivity index (χ1n) is 15.8. The average Bonchev–Trinajstić information content (AvgIpc) is 3.28. The van der Waals surface area contributed by atoms with Crippen LogP contribution in [0, 0.1) is 5.92 Å². The number of aliphatic imine (C=N–C) groups is 1. The van der Waals surface area contributed by atoms with Crippen LogP contribution < -0.4 is 0 Å². The van der Waals surface area contributed by atoms with Gasteiger partial charge in [0.2, 0.25) is 16.3 Å². The van der Waals surface area contributed by atoms with E-state index in [4.69, 9.17) is 4.74 Å². The standard InChI is InChI=1S/C16H36N.C14H20N2O8S2/c1-5-9-13-17(14-10-6-2,15-11-7-3)16-12-8-4;1-7(24-26(20,21)22)11-9-6-10(25-5-4-15-8(2)23-3)12(14(18)19)16(9)13(11)17/h5-16H2,1-4H3;7,9,11H,4-6H2,1-3H3,(H,18,19)(H,20,21,22)/q+1;/p-1/t;7-,9+,11-/m.0/s1. The third-order valence-electron chi connectivity index (χ3n) is 8.09. The second kappa shape index (κ2) is 19.7. The molecule has 0 aromatic carbocycles. The Kier molecular flexibility index (Phi) is 18.0. The molecule has 1 saturated heterocycles. The van der Waals surface area contributed by atoms with Gasteiger partial charge in [0.15, 0.2) is 5.90 Å². The Morgan fingerprint density at radius 3 is 1.95 bits per heavy atom. The number of methoxy groups -OCH3 is 1. The fraction of sp³-hybridized carbons (Fsp3) is 0.833. The van der Waals surface area contributed by atoms with Crippen LogP contribution >= 0.6 is 11.8 Å². The van der Waals surface area contributed by atoms with Crippen LogP contribution in [0.1, 0.15) is 99.3 Å². The van der Waals surface area contributed by atoms with E-state index < -0.39 is 40.3 Å². The van der Waals surface area contributed by atoms with Crippen LogP contribution in [0.15, 0.2) is 15.6 Å². The smallest absolute Gasteiger partial charge is 0.353 e. The highest BCUT2D eigenvalue weighted by atomic mass is 32.3. The second-order valence-corrected chi connectivity index (χ2v) is 13.6. The van der Waals surface area contributed by atoms with E-state index in [2.05, 4.69) is 36.9 Å². The summed E-state index contributed by atoms with van der Waals surface area (Å²) < 4.78 is 42.9. The summed E-state index contributed by atoms with van der Waals surface area (Å²) in [6, 6.07) is -0.530. The fourth-order valence-corrected chi connectivity index (χ4v) is 7.20. The molecule has 1 fully saturated rings. The Morgan fingerprint density at radius 2 is 1.56 bits per heavy atom. The minimum absolute atomic E-state index is 0.106. The van der Waals surface area contributed by atoms with E-state index in [0.717, 1.165) is 4.90 Å². The second-order valence-electron chi connectivity index (χ2n) is 11.4. The number of hydrogen-bond acceptors (Lipinski definition) is 9. The third kappa shape index (κ3) is 12.7. The Labute approximate surface area is 264 Å². The Hall–Kier alpha value is -1.67. The van der Waals surface area contributed by atoms with Crippen LogP contribution in [-0.2, 0) is 28.9 Å². The van der Waals surface area contributed by atoms with Crippen molar-refractivity contribution in [1.29, 1.82) is 0 Å². The summed E-state index contributed by atoms with van der Waals surface area (Å²) >= 11 is 1.27. The van der Waals surface area contributed by atoms with E-state index >= 15 is 0 Å². The number of unbranched alkanes of at least 4 members (excludes halogenated alkanes) is 4. The topological polar surface area (TPSA) is 146 Å². The molecule has 250 valence electrons. The van der Waals surface area contributed by atoms with Gasteiger partial charge in [-0.15, -0.1) is 11.8 Å². The quantitative estimate of drug-likeness (QED) is 0.0359. The van der Waals surface area contributed by atoms with Gasteiger partial charge in [-0.05, 0) is 32.6 Å². The molecule has 0 aromatic rings. The zero-order valence-corrected chi connectivity index (χ0v) is 28.9. The number of nitrogens with zero attached hydrogens (tertiary/aromatic N) is 3. The molecule has 11 nitrogen and oxygen atoms in total. The predicted molar refractivity (Wildman–Crippen MR) is 170 cm³/mol. The highest BCUT2D eigenvalue weighted by Crippen LogP contribution is 2.47. The van der Waals surface area contributed by atoms with Gasteiger partial charge in [-0.1, -0.05) is 53.4 Å². The number of carboxylic acid groups (broad SMARTS) is 1. The molecule has 0 saturated carbocycles. The predicted octanol–water partition coefficient (Wildman–Crippen LogP) is 5.18. The third-order valence-corrected chi connectivity index (χ3v) is 9.72. The van der Waals surface area contributed by atoms with E-state index in [9.17, 15) is 27.7 Å². The molecule has 2 aliphatic rings. The maximum absolute atomic E-state index is 12.3. The summed E-state index contributed by atoms with van der Waals surface area (Å²) in [5.41, 5.74) is -0.106. The van der Waals surface area contributed by atoms with Gasteiger partial charge in [0.25, 0.3) is 0 Å². The largest absolute Gasteiger partial charge is 0.726 e. The van der Waals surface area contributed by atoms with Crippen LogP contribution in [0.2, 0.25) is 0 Å². The molecule has 43 heavy (non-hydrogen) atoms. The molecular formula is C30H55N3O8S2. The number of carbonyl (C=O) groups excluding carboxylic acids is 1. The zero-order chi connectivity index (χ0) is 32.6. The Morgan fingerprint density at radius 1 is 1.07 bits per heavy atom. The Bertz CT molecular complexity index is 1010.